The van der Waals surface area contributed by atoms with E-state index in [1.165, 1.54) is 31.4 Å². The summed E-state index contributed by atoms with van der Waals surface area (Å²) in [6, 6.07) is 11.0. The zero-order valence-electron chi connectivity index (χ0n) is 11.8. The van der Waals surface area contributed by atoms with E-state index in [9.17, 15) is 0 Å². The highest BCUT2D eigenvalue weighted by Crippen LogP contribution is 2.25. The monoisotopic (exact) mass is 278 g/mol. The highest BCUT2D eigenvalue weighted by Gasteiger charge is 2.14. The normalized spacial score (nSPS) is 15.6. The molecule has 1 aliphatic rings. The topological polar surface area (TPSA) is 53.6 Å². The van der Waals surface area contributed by atoms with Gasteiger partial charge < -0.3 is 10.3 Å². The number of H-pyrrole nitrogens is 1. The number of nitrogens with zero attached hydrogens (tertiary/aromatic N) is 2. The summed E-state index contributed by atoms with van der Waals surface area (Å²) in [5.74, 6) is 0. The van der Waals surface area contributed by atoms with Crippen molar-refractivity contribution in [3.63, 3.8) is 0 Å². The maximum atomic E-state index is 4.66. The van der Waals surface area contributed by atoms with Gasteiger partial charge in [0.05, 0.1) is 11.9 Å². The van der Waals surface area contributed by atoms with Crippen LogP contribution >= 0.6 is 0 Å². The molecule has 2 heterocycles. The van der Waals surface area contributed by atoms with Crippen LogP contribution in [0, 0.1) is 0 Å². The van der Waals surface area contributed by atoms with Gasteiger partial charge in [0.25, 0.3) is 0 Å². The molecule has 21 heavy (non-hydrogen) atoms. The summed E-state index contributed by atoms with van der Waals surface area (Å²) in [7, 11) is 0. The molecule has 1 aliphatic carbocycles. The molecule has 0 spiro atoms. The lowest BCUT2D eigenvalue weighted by atomic mass is 10.1. The van der Waals surface area contributed by atoms with Crippen LogP contribution in [-0.4, -0.2) is 21.0 Å². The molecule has 1 saturated carbocycles. The molecule has 2 aromatic heterocycles. The zero-order chi connectivity index (χ0) is 14.1. The third-order valence-electron chi connectivity index (χ3n) is 4.15. The Labute approximate surface area is 123 Å². The Morgan fingerprint density at radius 1 is 1.14 bits per heavy atom. The van der Waals surface area contributed by atoms with E-state index in [0.717, 1.165) is 22.4 Å². The van der Waals surface area contributed by atoms with Crippen LogP contribution in [0.4, 0.5) is 5.69 Å². The largest absolute Gasteiger partial charge is 0.382 e. The van der Waals surface area contributed by atoms with Crippen molar-refractivity contribution in [3.05, 3.63) is 42.7 Å². The first kappa shape index (κ1) is 12.4. The van der Waals surface area contributed by atoms with E-state index in [1.54, 1.807) is 0 Å². The Bertz CT molecular complexity index is 756. The van der Waals surface area contributed by atoms with E-state index in [0.29, 0.717) is 6.04 Å². The number of aromatic amines is 1. The molecule has 4 rings (SSSR count). The van der Waals surface area contributed by atoms with Gasteiger partial charge >= 0.3 is 0 Å². The quantitative estimate of drug-likeness (QED) is 0.762. The Morgan fingerprint density at radius 3 is 2.95 bits per heavy atom. The van der Waals surface area contributed by atoms with Gasteiger partial charge in [0.2, 0.25) is 0 Å². The van der Waals surface area contributed by atoms with Gasteiger partial charge in [0.15, 0.2) is 5.65 Å². The Kier molecular flexibility index (Phi) is 3.07. The molecule has 4 heteroatoms. The summed E-state index contributed by atoms with van der Waals surface area (Å²) >= 11 is 0. The van der Waals surface area contributed by atoms with Crippen molar-refractivity contribution >= 4 is 16.9 Å². The van der Waals surface area contributed by atoms with Gasteiger partial charge in [-0.2, -0.15) is 0 Å². The second-order valence-electron chi connectivity index (χ2n) is 5.67. The first-order chi connectivity index (χ1) is 10.4. The Hall–Kier alpha value is -2.36. The molecule has 1 fully saturated rings. The molecule has 0 atom stereocenters. The number of fused-ring (bicyclic) bond motifs is 1. The lowest BCUT2D eigenvalue weighted by molar-refractivity contribution is 0.755. The zero-order valence-corrected chi connectivity index (χ0v) is 11.8. The van der Waals surface area contributed by atoms with Gasteiger partial charge in [-0.15, -0.1) is 0 Å². The summed E-state index contributed by atoms with van der Waals surface area (Å²) in [6.07, 6.45) is 8.93. The first-order valence-corrected chi connectivity index (χ1v) is 7.55. The highest BCUT2D eigenvalue weighted by atomic mass is 14.9. The summed E-state index contributed by atoms with van der Waals surface area (Å²) < 4.78 is 0. The van der Waals surface area contributed by atoms with Gasteiger partial charge in [0.1, 0.15) is 5.52 Å². The molecular weight excluding hydrogens is 260 g/mol. The molecule has 0 bridgehead atoms. The van der Waals surface area contributed by atoms with Crippen LogP contribution in [0.5, 0.6) is 0 Å². The fourth-order valence-electron chi connectivity index (χ4n) is 3.04. The van der Waals surface area contributed by atoms with Crippen molar-refractivity contribution in [2.75, 3.05) is 5.32 Å². The summed E-state index contributed by atoms with van der Waals surface area (Å²) in [6.45, 7) is 0. The second-order valence-corrected chi connectivity index (χ2v) is 5.67. The van der Waals surface area contributed by atoms with Crippen molar-refractivity contribution in [3.8, 4) is 11.3 Å². The predicted octanol–water partition coefficient (Wildman–Crippen LogP) is 3.98. The average Bonchev–Trinajstić information content (AvgIpc) is 3.17. The maximum absolute atomic E-state index is 4.66. The number of rotatable bonds is 3. The van der Waals surface area contributed by atoms with Gasteiger partial charge in [-0.25, -0.2) is 9.97 Å². The summed E-state index contributed by atoms with van der Waals surface area (Å²) in [4.78, 5) is 12.1. The van der Waals surface area contributed by atoms with E-state index in [4.69, 9.17) is 0 Å². The van der Waals surface area contributed by atoms with Crippen molar-refractivity contribution in [1.29, 1.82) is 0 Å². The number of aromatic nitrogens is 3. The van der Waals surface area contributed by atoms with Crippen LogP contribution in [0.2, 0.25) is 0 Å². The molecule has 2 N–H and O–H groups in total. The van der Waals surface area contributed by atoms with Crippen molar-refractivity contribution in [2.24, 2.45) is 0 Å². The van der Waals surface area contributed by atoms with Crippen LogP contribution < -0.4 is 5.32 Å². The van der Waals surface area contributed by atoms with Gasteiger partial charge in [-0.05, 0) is 31.0 Å². The van der Waals surface area contributed by atoms with Crippen LogP contribution in [-0.2, 0) is 0 Å². The third-order valence-corrected chi connectivity index (χ3v) is 4.15. The maximum Gasteiger partial charge on any atom is 0.156 e. The molecule has 0 radical (unpaired) electrons. The van der Waals surface area contributed by atoms with Crippen LogP contribution in [0.25, 0.3) is 22.4 Å². The van der Waals surface area contributed by atoms with Crippen LogP contribution in [0.3, 0.4) is 0 Å². The third kappa shape index (κ3) is 2.49. The SMILES string of the molecule is c1cc(NC2CCCC2)cc(-c2cnc3[nH]ccc3n2)c1. The minimum absolute atomic E-state index is 0.624. The molecule has 0 unspecified atom stereocenters. The predicted molar refractivity (Wildman–Crippen MR) is 85.2 cm³/mol. The van der Waals surface area contributed by atoms with Crippen molar-refractivity contribution in [2.45, 2.75) is 31.7 Å². The number of anilines is 1. The van der Waals surface area contributed by atoms with Crippen molar-refractivity contribution in [1.82, 2.24) is 15.0 Å². The number of hydrogen-bond donors (Lipinski definition) is 2. The standard InChI is InChI=1S/C17H18N4/c1-2-6-13(5-1)20-14-7-3-4-12(10-14)16-11-19-17-15(21-16)8-9-18-17/h3-4,7-11,13,20H,1-2,5-6H2,(H,18,19). The molecule has 0 amide bonds. The smallest absolute Gasteiger partial charge is 0.156 e. The van der Waals surface area contributed by atoms with E-state index in [1.807, 2.05) is 18.5 Å². The molecule has 3 aromatic rings. The van der Waals surface area contributed by atoms with Gasteiger partial charge in [-0.3, -0.25) is 0 Å². The molecule has 0 saturated heterocycles. The molecular formula is C17H18N4. The minimum Gasteiger partial charge on any atom is -0.382 e. The molecule has 106 valence electrons. The fraction of sp³-hybridized carbons (Fsp3) is 0.294. The van der Waals surface area contributed by atoms with Gasteiger partial charge in [0, 0.05) is 23.5 Å². The number of benzene rings is 1. The highest BCUT2D eigenvalue weighted by molar-refractivity contribution is 5.75. The first-order valence-electron chi connectivity index (χ1n) is 7.55. The molecule has 4 nitrogen and oxygen atoms in total. The van der Waals surface area contributed by atoms with Gasteiger partial charge in [-0.1, -0.05) is 25.0 Å². The average molecular weight is 278 g/mol. The van der Waals surface area contributed by atoms with E-state index >= 15 is 0 Å². The molecule has 1 aromatic carbocycles. The van der Waals surface area contributed by atoms with Crippen LogP contribution in [0.1, 0.15) is 25.7 Å². The minimum atomic E-state index is 0.624. The second kappa shape index (κ2) is 5.20. The number of hydrogen-bond acceptors (Lipinski definition) is 3. The Morgan fingerprint density at radius 2 is 2.05 bits per heavy atom. The van der Waals surface area contributed by atoms with E-state index in [2.05, 4.69) is 44.5 Å². The summed E-state index contributed by atoms with van der Waals surface area (Å²) in [5.41, 5.74) is 4.93. The fourth-order valence-corrected chi connectivity index (χ4v) is 3.04. The number of nitrogens with one attached hydrogen (secondary N) is 2. The Balaban J connectivity index is 1.64. The molecule has 0 aliphatic heterocycles. The van der Waals surface area contributed by atoms with Crippen LogP contribution in [0.15, 0.2) is 42.7 Å². The lowest BCUT2D eigenvalue weighted by Gasteiger charge is -2.14. The van der Waals surface area contributed by atoms with E-state index in [-0.39, 0.29) is 0 Å². The summed E-state index contributed by atoms with van der Waals surface area (Å²) in [5, 5.41) is 3.63. The van der Waals surface area contributed by atoms with Crippen molar-refractivity contribution < 1.29 is 0 Å². The van der Waals surface area contributed by atoms with E-state index < -0.39 is 0 Å². The lowest BCUT2D eigenvalue weighted by Crippen LogP contribution is -2.14.